The molecule has 0 aliphatic carbocycles. The van der Waals surface area contributed by atoms with Crippen LogP contribution in [-0.4, -0.2) is 61.9 Å². The van der Waals surface area contributed by atoms with Gasteiger partial charge in [-0.15, -0.1) is 0 Å². The van der Waals surface area contributed by atoms with Crippen molar-refractivity contribution >= 4 is 27.8 Å². The van der Waals surface area contributed by atoms with E-state index in [0.717, 1.165) is 5.56 Å². The highest BCUT2D eigenvalue weighted by molar-refractivity contribution is 7.89. The molecule has 28 heavy (non-hydrogen) atoms. The van der Waals surface area contributed by atoms with Crippen molar-refractivity contribution in [1.29, 1.82) is 0 Å². The normalized spacial score (nSPS) is 16.4. The number of benzene rings is 1. The zero-order valence-electron chi connectivity index (χ0n) is 15.8. The monoisotopic (exact) mass is 411 g/mol. The number of likely N-dealkylation sites (tertiary alicyclic amines) is 1. The van der Waals surface area contributed by atoms with Gasteiger partial charge in [0.15, 0.2) is 0 Å². The van der Waals surface area contributed by atoms with Crippen LogP contribution in [0.15, 0.2) is 29.2 Å². The van der Waals surface area contributed by atoms with E-state index in [4.69, 9.17) is 5.11 Å². The first-order valence-electron chi connectivity index (χ1n) is 8.97. The zero-order chi connectivity index (χ0) is 20.9. The molecule has 2 rings (SSSR count). The highest BCUT2D eigenvalue weighted by atomic mass is 32.2. The van der Waals surface area contributed by atoms with Crippen molar-refractivity contribution in [2.75, 3.05) is 19.6 Å². The van der Waals surface area contributed by atoms with Gasteiger partial charge in [-0.1, -0.05) is 17.7 Å². The van der Waals surface area contributed by atoms with Crippen molar-refractivity contribution in [1.82, 2.24) is 14.9 Å². The number of sulfonamides is 1. The fraction of sp³-hybridized carbons (Fsp3) is 0.500. The Hall–Kier alpha value is -2.46. The molecule has 1 aliphatic heterocycles. The van der Waals surface area contributed by atoms with Gasteiger partial charge in [-0.2, -0.15) is 4.72 Å². The maximum atomic E-state index is 12.6. The number of aryl methyl sites for hydroxylation is 1. The second kappa shape index (κ2) is 9.16. The molecule has 1 fully saturated rings. The van der Waals surface area contributed by atoms with Crippen LogP contribution in [0.1, 0.15) is 25.3 Å². The van der Waals surface area contributed by atoms with Gasteiger partial charge >= 0.3 is 5.97 Å². The molecule has 1 heterocycles. The summed E-state index contributed by atoms with van der Waals surface area (Å²) in [6.07, 6.45) is 0.795. The number of rotatable bonds is 7. The van der Waals surface area contributed by atoms with E-state index in [1.807, 2.05) is 6.92 Å². The van der Waals surface area contributed by atoms with Crippen LogP contribution in [0.3, 0.4) is 0 Å². The first kappa shape index (κ1) is 21.8. The molecule has 3 N–H and O–H groups in total. The Kier molecular flexibility index (Phi) is 7.14. The van der Waals surface area contributed by atoms with E-state index in [-0.39, 0.29) is 22.6 Å². The van der Waals surface area contributed by atoms with E-state index in [0.29, 0.717) is 25.9 Å². The van der Waals surface area contributed by atoms with Crippen molar-refractivity contribution in [3.8, 4) is 0 Å². The van der Waals surface area contributed by atoms with Crippen LogP contribution in [-0.2, 0) is 24.4 Å². The lowest BCUT2D eigenvalue weighted by molar-refractivity contribution is -0.139. The quantitative estimate of drug-likeness (QED) is 0.583. The predicted molar refractivity (Wildman–Crippen MR) is 101 cm³/mol. The summed E-state index contributed by atoms with van der Waals surface area (Å²) in [5, 5.41) is 10.9. The van der Waals surface area contributed by atoms with Gasteiger partial charge in [-0.25, -0.2) is 8.42 Å². The van der Waals surface area contributed by atoms with Gasteiger partial charge in [0.25, 0.3) is 0 Å². The van der Waals surface area contributed by atoms with Gasteiger partial charge < -0.3 is 15.3 Å². The molecule has 10 heteroatoms. The molecule has 0 radical (unpaired) electrons. The number of carbonyl (C=O) groups is 3. The van der Waals surface area contributed by atoms with Gasteiger partial charge in [0.05, 0.1) is 10.9 Å². The summed E-state index contributed by atoms with van der Waals surface area (Å²) < 4.78 is 27.2. The maximum Gasteiger partial charge on any atom is 0.322 e. The molecule has 154 valence electrons. The molecule has 0 bridgehead atoms. The van der Waals surface area contributed by atoms with Gasteiger partial charge in [-0.3, -0.25) is 14.4 Å². The zero-order valence-corrected chi connectivity index (χ0v) is 16.7. The van der Waals surface area contributed by atoms with E-state index in [9.17, 15) is 22.8 Å². The molecule has 0 aromatic heterocycles. The largest absolute Gasteiger partial charge is 0.480 e. The number of carboxylic acid groups (broad SMARTS) is 1. The summed E-state index contributed by atoms with van der Waals surface area (Å²) in [6, 6.07) is 5.39. The number of nitrogens with zero attached hydrogens (tertiary/aromatic N) is 1. The van der Waals surface area contributed by atoms with Crippen molar-refractivity contribution in [3.63, 3.8) is 0 Å². The molecular weight excluding hydrogens is 386 g/mol. The summed E-state index contributed by atoms with van der Waals surface area (Å²) in [6.45, 7) is 3.51. The second-order valence-corrected chi connectivity index (χ2v) is 8.58. The van der Waals surface area contributed by atoms with Gasteiger partial charge in [0.2, 0.25) is 21.8 Å². The summed E-state index contributed by atoms with van der Waals surface area (Å²) >= 11 is 0. The lowest BCUT2D eigenvalue weighted by Crippen LogP contribution is -2.50. The minimum absolute atomic E-state index is 0.0894. The molecule has 0 saturated carbocycles. The van der Waals surface area contributed by atoms with Crippen molar-refractivity contribution < 1.29 is 27.9 Å². The number of hydrogen-bond acceptors (Lipinski definition) is 5. The maximum absolute atomic E-state index is 12.6. The van der Waals surface area contributed by atoms with Crippen LogP contribution in [0.2, 0.25) is 0 Å². The molecule has 1 aromatic carbocycles. The second-order valence-electron chi connectivity index (χ2n) is 6.87. The highest BCUT2D eigenvalue weighted by Gasteiger charge is 2.31. The smallest absolute Gasteiger partial charge is 0.322 e. The lowest BCUT2D eigenvalue weighted by Gasteiger charge is -2.33. The summed E-state index contributed by atoms with van der Waals surface area (Å²) in [5.41, 5.74) is 0.929. The van der Waals surface area contributed by atoms with Gasteiger partial charge in [-0.05, 0) is 38.8 Å². The van der Waals surface area contributed by atoms with Crippen molar-refractivity contribution in [2.24, 2.45) is 5.92 Å². The standard InChI is InChI=1S/C18H25N3O6S/c1-12-3-5-15(6-4-12)28(26,27)20-13(2)18(25)21-9-7-14(8-10-21)17(24)19-11-16(22)23/h3-6,13-14,20H,7-11H2,1-2H3,(H,19,24)(H,22,23)/t13-/m1/s1. The van der Waals surface area contributed by atoms with Crippen LogP contribution in [0, 0.1) is 12.8 Å². The SMILES string of the molecule is Cc1ccc(S(=O)(=O)N[C@H](C)C(=O)N2CCC(C(=O)NCC(=O)O)CC2)cc1. The number of hydrogen-bond donors (Lipinski definition) is 3. The van der Waals surface area contributed by atoms with Crippen molar-refractivity contribution in [3.05, 3.63) is 29.8 Å². The van der Waals surface area contributed by atoms with Gasteiger partial charge in [0, 0.05) is 19.0 Å². The number of piperidine rings is 1. The molecule has 1 aliphatic rings. The average Bonchev–Trinajstić information content (AvgIpc) is 2.65. The van der Waals surface area contributed by atoms with E-state index in [1.165, 1.54) is 24.0 Å². The van der Waals surface area contributed by atoms with Crippen LogP contribution < -0.4 is 10.0 Å². The van der Waals surface area contributed by atoms with Crippen LogP contribution in [0.25, 0.3) is 0 Å². The van der Waals surface area contributed by atoms with Crippen LogP contribution in [0.5, 0.6) is 0 Å². The summed E-state index contributed by atoms with van der Waals surface area (Å²) in [7, 11) is -3.82. The number of carbonyl (C=O) groups excluding carboxylic acids is 2. The molecule has 2 amide bonds. The molecule has 0 spiro atoms. The van der Waals surface area contributed by atoms with Crippen LogP contribution in [0.4, 0.5) is 0 Å². The Morgan fingerprint density at radius 3 is 2.29 bits per heavy atom. The van der Waals surface area contributed by atoms with E-state index >= 15 is 0 Å². The molecule has 1 saturated heterocycles. The van der Waals surface area contributed by atoms with E-state index in [2.05, 4.69) is 10.0 Å². The van der Waals surface area contributed by atoms with E-state index < -0.39 is 28.6 Å². The molecule has 9 nitrogen and oxygen atoms in total. The number of amides is 2. The molecular formula is C18H25N3O6S. The minimum Gasteiger partial charge on any atom is -0.480 e. The fourth-order valence-electron chi connectivity index (χ4n) is 3.01. The first-order valence-corrected chi connectivity index (χ1v) is 10.5. The first-order chi connectivity index (χ1) is 13.1. The lowest BCUT2D eigenvalue weighted by atomic mass is 9.95. The highest BCUT2D eigenvalue weighted by Crippen LogP contribution is 2.18. The Labute approximate surface area is 164 Å². The number of nitrogens with one attached hydrogen (secondary N) is 2. The summed E-state index contributed by atoms with van der Waals surface area (Å²) in [5.74, 6) is -2.18. The summed E-state index contributed by atoms with van der Waals surface area (Å²) in [4.78, 5) is 36.6. The molecule has 1 atom stereocenters. The Balaban J connectivity index is 1.89. The topological polar surface area (TPSA) is 133 Å². The molecule has 1 aromatic rings. The molecule has 0 unspecified atom stereocenters. The third-order valence-electron chi connectivity index (χ3n) is 4.62. The van der Waals surface area contributed by atoms with E-state index in [1.54, 1.807) is 12.1 Å². The van der Waals surface area contributed by atoms with Crippen LogP contribution >= 0.6 is 0 Å². The third-order valence-corrected chi connectivity index (χ3v) is 6.18. The number of aliphatic carboxylic acids is 1. The minimum atomic E-state index is -3.82. The average molecular weight is 411 g/mol. The Morgan fingerprint density at radius 1 is 1.18 bits per heavy atom. The van der Waals surface area contributed by atoms with Crippen molar-refractivity contribution in [2.45, 2.75) is 37.6 Å². The fourth-order valence-corrected chi connectivity index (χ4v) is 4.21. The Morgan fingerprint density at radius 2 is 1.75 bits per heavy atom. The Bertz CT molecular complexity index is 829. The van der Waals surface area contributed by atoms with Gasteiger partial charge in [0.1, 0.15) is 6.54 Å². The predicted octanol–water partition coefficient (Wildman–Crippen LogP) is 0.101. The number of carboxylic acids is 1. The third kappa shape index (κ3) is 5.77.